The lowest BCUT2D eigenvalue weighted by Gasteiger charge is -2.23. The van der Waals surface area contributed by atoms with E-state index in [1.54, 1.807) is 68.4 Å². The summed E-state index contributed by atoms with van der Waals surface area (Å²) in [6.45, 7) is 3.58. The van der Waals surface area contributed by atoms with Gasteiger partial charge >= 0.3 is 11.7 Å². The predicted molar refractivity (Wildman–Crippen MR) is 93.3 cm³/mol. The zero-order valence-corrected chi connectivity index (χ0v) is 14.0. The highest BCUT2D eigenvalue weighted by Crippen LogP contribution is 2.39. The first-order chi connectivity index (χ1) is 11.8. The number of nitro groups is 1. The van der Waals surface area contributed by atoms with Crippen molar-refractivity contribution in [1.82, 2.24) is 0 Å². The molecule has 0 spiro atoms. The molecule has 2 aromatic rings. The second kappa shape index (κ2) is 6.12. The van der Waals surface area contributed by atoms with Crippen LogP contribution < -0.4 is 0 Å². The van der Waals surface area contributed by atoms with Gasteiger partial charge in [0.2, 0.25) is 0 Å². The Balaban J connectivity index is 2.05. The normalized spacial score (nSPS) is 21.4. The van der Waals surface area contributed by atoms with Crippen LogP contribution in [0.2, 0.25) is 0 Å². The van der Waals surface area contributed by atoms with Gasteiger partial charge in [-0.1, -0.05) is 48.5 Å². The van der Waals surface area contributed by atoms with Crippen LogP contribution in [0.3, 0.4) is 0 Å². The second-order valence-electron chi connectivity index (χ2n) is 6.61. The summed E-state index contributed by atoms with van der Waals surface area (Å²) in [5.41, 5.74) is -1.70. The van der Waals surface area contributed by atoms with Crippen LogP contribution in [-0.2, 0) is 4.74 Å². The van der Waals surface area contributed by atoms with E-state index in [4.69, 9.17) is 4.74 Å². The van der Waals surface area contributed by atoms with Crippen LogP contribution in [-0.4, -0.2) is 27.9 Å². The topological polar surface area (TPSA) is 81.8 Å². The fourth-order valence-electron chi connectivity index (χ4n) is 3.04. The molecule has 3 rings (SSSR count). The molecular weight excluding hydrogens is 320 g/mol. The molecule has 1 atom stereocenters. The van der Waals surface area contributed by atoms with Gasteiger partial charge < -0.3 is 4.74 Å². The van der Waals surface area contributed by atoms with E-state index in [1.807, 2.05) is 6.07 Å². The van der Waals surface area contributed by atoms with Gasteiger partial charge in [-0.2, -0.15) is 0 Å². The largest absolute Gasteiger partial charge is 0.411 e. The number of hydrogen-bond donors (Lipinski definition) is 0. The number of nitrogens with zero attached hydrogens (tertiary/aromatic N) is 2. The Bertz CT molecular complexity index is 831. The Hall–Kier alpha value is -3.02. The summed E-state index contributed by atoms with van der Waals surface area (Å²) in [6.07, 6.45) is -0.0181. The number of ether oxygens (including phenoxy) is 1. The smallest absolute Gasteiger partial charge is 0.387 e. The molecule has 0 amide bonds. The van der Waals surface area contributed by atoms with Crippen molar-refractivity contribution in [3.8, 4) is 0 Å². The number of carbonyl (C=O) groups is 1. The maximum atomic E-state index is 12.5. The minimum atomic E-state index is -2.00. The van der Waals surface area contributed by atoms with Gasteiger partial charge in [0.15, 0.2) is 5.71 Å². The Morgan fingerprint density at radius 1 is 1.08 bits per heavy atom. The lowest BCUT2D eigenvalue weighted by atomic mass is 9.93. The molecule has 0 aliphatic carbocycles. The summed E-state index contributed by atoms with van der Waals surface area (Å²) >= 11 is 0. The maximum absolute atomic E-state index is 12.5. The molecule has 1 heterocycles. The summed E-state index contributed by atoms with van der Waals surface area (Å²) in [5.74, 6) is -0.737. The molecule has 25 heavy (non-hydrogen) atoms. The molecule has 6 heteroatoms. The molecule has 0 saturated carbocycles. The van der Waals surface area contributed by atoms with Gasteiger partial charge in [-0.15, -0.1) is 0 Å². The molecule has 1 aliphatic rings. The summed E-state index contributed by atoms with van der Waals surface area (Å²) in [6, 6.07) is 17.1. The quantitative estimate of drug-likeness (QED) is 0.370. The molecule has 0 aromatic heterocycles. The van der Waals surface area contributed by atoms with E-state index in [2.05, 4.69) is 4.99 Å². The summed E-state index contributed by atoms with van der Waals surface area (Å²) in [4.78, 5) is 28.5. The van der Waals surface area contributed by atoms with E-state index >= 15 is 0 Å². The van der Waals surface area contributed by atoms with Crippen LogP contribution in [0.4, 0.5) is 0 Å². The molecule has 0 fully saturated rings. The van der Waals surface area contributed by atoms with Crippen LogP contribution in [0.25, 0.3) is 0 Å². The average Bonchev–Trinajstić information content (AvgIpc) is 2.88. The monoisotopic (exact) mass is 338 g/mol. The van der Waals surface area contributed by atoms with E-state index < -0.39 is 22.2 Å². The van der Waals surface area contributed by atoms with Crippen molar-refractivity contribution in [1.29, 1.82) is 0 Å². The Morgan fingerprint density at radius 3 is 2.20 bits per heavy atom. The van der Waals surface area contributed by atoms with Crippen molar-refractivity contribution in [3.05, 3.63) is 81.9 Å². The summed E-state index contributed by atoms with van der Waals surface area (Å²) < 4.78 is 5.48. The van der Waals surface area contributed by atoms with Gasteiger partial charge in [0.1, 0.15) is 0 Å². The number of rotatable bonds is 4. The van der Waals surface area contributed by atoms with Crippen LogP contribution in [0, 0.1) is 10.1 Å². The third-order valence-corrected chi connectivity index (χ3v) is 4.07. The van der Waals surface area contributed by atoms with Gasteiger partial charge in [0.05, 0.1) is 22.4 Å². The standard InChI is InChI=1S/C19H18N2O4/c1-18(2)13-19(21(23)24,16(20-18)14-9-5-3-6-10-14)25-17(22)15-11-7-4-8-12-15/h3-12H,13H2,1-2H3. The fourth-order valence-corrected chi connectivity index (χ4v) is 3.04. The zero-order valence-electron chi connectivity index (χ0n) is 14.0. The van der Waals surface area contributed by atoms with Gasteiger partial charge in [0, 0.05) is 5.56 Å². The van der Waals surface area contributed by atoms with Crippen molar-refractivity contribution in [2.24, 2.45) is 4.99 Å². The Labute approximate surface area is 145 Å². The van der Waals surface area contributed by atoms with Gasteiger partial charge in [-0.25, -0.2) is 4.79 Å². The number of esters is 1. The first kappa shape index (κ1) is 16.8. The van der Waals surface area contributed by atoms with E-state index in [0.717, 1.165) is 0 Å². The Morgan fingerprint density at radius 2 is 1.64 bits per heavy atom. The molecule has 0 N–H and O–H groups in total. The van der Waals surface area contributed by atoms with Crippen molar-refractivity contribution >= 4 is 11.7 Å². The predicted octanol–water partition coefficient (Wildman–Crippen LogP) is 3.49. The van der Waals surface area contributed by atoms with E-state index in [1.165, 1.54) is 0 Å². The Kier molecular flexibility index (Phi) is 4.12. The lowest BCUT2D eigenvalue weighted by molar-refractivity contribution is -0.595. The molecule has 1 aliphatic heterocycles. The van der Waals surface area contributed by atoms with Crippen molar-refractivity contribution in [2.75, 3.05) is 0 Å². The molecule has 0 radical (unpaired) electrons. The molecular formula is C19H18N2O4. The number of benzene rings is 2. The SMILES string of the molecule is CC1(C)CC(OC(=O)c2ccccc2)([N+](=O)[O-])C(c2ccccc2)=N1. The summed E-state index contributed by atoms with van der Waals surface area (Å²) in [5, 5.41) is 12.0. The molecule has 0 saturated heterocycles. The van der Waals surface area contributed by atoms with E-state index in [-0.39, 0.29) is 17.7 Å². The maximum Gasteiger partial charge on any atom is 0.411 e. The first-order valence-electron chi connectivity index (χ1n) is 7.93. The molecule has 128 valence electrons. The zero-order chi connectivity index (χ0) is 18.1. The number of aliphatic imine (C=N–C) groups is 1. The fraction of sp³-hybridized carbons (Fsp3) is 0.263. The molecule has 1 unspecified atom stereocenters. The van der Waals surface area contributed by atoms with Gasteiger partial charge in [-0.05, 0) is 26.0 Å². The average molecular weight is 338 g/mol. The van der Waals surface area contributed by atoms with Crippen molar-refractivity contribution in [3.63, 3.8) is 0 Å². The van der Waals surface area contributed by atoms with E-state index in [9.17, 15) is 14.9 Å². The third-order valence-electron chi connectivity index (χ3n) is 4.07. The lowest BCUT2D eigenvalue weighted by Crippen LogP contribution is -2.49. The highest BCUT2D eigenvalue weighted by Gasteiger charge is 2.61. The highest BCUT2D eigenvalue weighted by atomic mass is 16.7. The van der Waals surface area contributed by atoms with E-state index in [0.29, 0.717) is 5.56 Å². The van der Waals surface area contributed by atoms with Gasteiger partial charge in [0.25, 0.3) is 0 Å². The first-order valence-corrected chi connectivity index (χ1v) is 7.93. The third kappa shape index (κ3) is 3.15. The molecule has 6 nitrogen and oxygen atoms in total. The second-order valence-corrected chi connectivity index (χ2v) is 6.61. The minimum absolute atomic E-state index is 0.0181. The van der Waals surface area contributed by atoms with Crippen LogP contribution >= 0.6 is 0 Å². The van der Waals surface area contributed by atoms with Crippen LogP contribution in [0.15, 0.2) is 65.7 Å². The highest BCUT2D eigenvalue weighted by molar-refractivity contribution is 6.08. The van der Waals surface area contributed by atoms with Crippen LogP contribution in [0.5, 0.6) is 0 Å². The minimum Gasteiger partial charge on any atom is -0.387 e. The number of hydrogen-bond acceptors (Lipinski definition) is 5. The van der Waals surface area contributed by atoms with Crippen molar-refractivity contribution < 1.29 is 14.5 Å². The van der Waals surface area contributed by atoms with Crippen LogP contribution in [0.1, 0.15) is 36.2 Å². The molecule has 2 aromatic carbocycles. The van der Waals surface area contributed by atoms with Gasteiger partial charge in [-0.3, -0.25) is 15.1 Å². The summed E-state index contributed by atoms with van der Waals surface area (Å²) in [7, 11) is 0. The molecule has 0 bridgehead atoms. The number of carbonyl (C=O) groups excluding carboxylic acids is 1. The van der Waals surface area contributed by atoms with Crippen molar-refractivity contribution in [2.45, 2.75) is 31.5 Å².